The number of hydrogen-bond donors (Lipinski definition) is 1. The molecule has 1 aromatic carbocycles. The first-order valence-corrected chi connectivity index (χ1v) is 5.39. The molecule has 0 aliphatic carbocycles. The lowest BCUT2D eigenvalue weighted by atomic mass is 10.0. The molecular formula is C12H16FNO2. The van der Waals surface area contributed by atoms with Gasteiger partial charge in [0, 0.05) is 0 Å². The molecule has 1 aromatic rings. The SMILES string of the molecule is Cc1cc(C(N)C2COCCO2)ccc1F. The second-order valence-electron chi connectivity index (χ2n) is 4.02. The Morgan fingerprint density at radius 3 is 2.88 bits per heavy atom. The summed E-state index contributed by atoms with van der Waals surface area (Å²) in [6.45, 7) is 3.41. The summed E-state index contributed by atoms with van der Waals surface area (Å²) in [5.41, 5.74) is 7.55. The molecule has 0 spiro atoms. The molecular weight excluding hydrogens is 209 g/mol. The number of aryl methyl sites for hydroxylation is 1. The molecule has 0 bridgehead atoms. The van der Waals surface area contributed by atoms with Crippen molar-refractivity contribution in [3.05, 3.63) is 35.1 Å². The van der Waals surface area contributed by atoms with Crippen molar-refractivity contribution < 1.29 is 13.9 Å². The first kappa shape index (κ1) is 11.5. The van der Waals surface area contributed by atoms with Crippen LogP contribution in [0.4, 0.5) is 4.39 Å². The van der Waals surface area contributed by atoms with E-state index >= 15 is 0 Å². The summed E-state index contributed by atoms with van der Waals surface area (Å²) < 4.78 is 23.9. The Hall–Kier alpha value is -0.970. The normalized spacial score (nSPS) is 23.1. The van der Waals surface area contributed by atoms with Gasteiger partial charge in [0.1, 0.15) is 11.9 Å². The summed E-state index contributed by atoms with van der Waals surface area (Å²) in [4.78, 5) is 0. The molecule has 2 rings (SSSR count). The van der Waals surface area contributed by atoms with Gasteiger partial charge in [-0.15, -0.1) is 0 Å². The number of ether oxygens (including phenoxy) is 2. The van der Waals surface area contributed by atoms with E-state index in [0.29, 0.717) is 25.4 Å². The molecule has 0 aromatic heterocycles. The third-order valence-corrected chi connectivity index (χ3v) is 2.81. The molecule has 1 aliphatic rings. The molecule has 16 heavy (non-hydrogen) atoms. The zero-order chi connectivity index (χ0) is 11.5. The molecule has 2 atom stereocenters. The summed E-state index contributed by atoms with van der Waals surface area (Å²) in [6.07, 6.45) is -0.140. The predicted molar refractivity (Wildman–Crippen MR) is 58.6 cm³/mol. The van der Waals surface area contributed by atoms with Crippen molar-refractivity contribution in [2.24, 2.45) is 5.73 Å². The molecule has 4 heteroatoms. The van der Waals surface area contributed by atoms with Crippen LogP contribution in [0.25, 0.3) is 0 Å². The van der Waals surface area contributed by atoms with Crippen LogP contribution in [0, 0.1) is 12.7 Å². The highest BCUT2D eigenvalue weighted by molar-refractivity contribution is 5.27. The quantitative estimate of drug-likeness (QED) is 0.830. The van der Waals surface area contributed by atoms with Gasteiger partial charge in [-0.25, -0.2) is 4.39 Å². The van der Waals surface area contributed by atoms with Gasteiger partial charge in [0.2, 0.25) is 0 Å². The lowest BCUT2D eigenvalue weighted by molar-refractivity contribution is -0.0975. The smallest absolute Gasteiger partial charge is 0.126 e. The monoisotopic (exact) mass is 225 g/mol. The second-order valence-corrected chi connectivity index (χ2v) is 4.02. The third-order valence-electron chi connectivity index (χ3n) is 2.81. The van der Waals surface area contributed by atoms with Crippen molar-refractivity contribution in [2.45, 2.75) is 19.1 Å². The fraction of sp³-hybridized carbons (Fsp3) is 0.500. The zero-order valence-corrected chi connectivity index (χ0v) is 9.28. The van der Waals surface area contributed by atoms with Crippen molar-refractivity contribution >= 4 is 0 Å². The summed E-state index contributed by atoms with van der Waals surface area (Å²) in [7, 11) is 0. The average molecular weight is 225 g/mol. The summed E-state index contributed by atoms with van der Waals surface area (Å²) in [6, 6.07) is 4.64. The highest BCUT2D eigenvalue weighted by atomic mass is 19.1. The molecule has 0 amide bonds. The minimum Gasteiger partial charge on any atom is -0.376 e. The Bertz CT molecular complexity index is 364. The summed E-state index contributed by atoms with van der Waals surface area (Å²) in [5.74, 6) is -0.211. The van der Waals surface area contributed by atoms with E-state index in [2.05, 4.69) is 0 Å². The molecule has 0 saturated carbocycles. The largest absolute Gasteiger partial charge is 0.376 e. The molecule has 0 radical (unpaired) electrons. The van der Waals surface area contributed by atoms with Crippen molar-refractivity contribution in [3.8, 4) is 0 Å². The topological polar surface area (TPSA) is 44.5 Å². The maximum Gasteiger partial charge on any atom is 0.126 e. The molecule has 1 fully saturated rings. The average Bonchev–Trinajstić information content (AvgIpc) is 2.33. The lowest BCUT2D eigenvalue weighted by Crippen LogP contribution is -2.37. The molecule has 1 heterocycles. The van der Waals surface area contributed by atoms with Crippen molar-refractivity contribution in [1.29, 1.82) is 0 Å². The highest BCUT2D eigenvalue weighted by Gasteiger charge is 2.23. The van der Waals surface area contributed by atoms with E-state index in [-0.39, 0.29) is 18.0 Å². The standard InChI is InChI=1S/C12H16FNO2/c1-8-6-9(2-3-10(8)13)12(14)11-7-15-4-5-16-11/h2-3,6,11-12H,4-5,7,14H2,1H3. The second kappa shape index (κ2) is 4.91. The van der Waals surface area contributed by atoms with Gasteiger partial charge in [-0.2, -0.15) is 0 Å². The van der Waals surface area contributed by atoms with E-state index < -0.39 is 0 Å². The Balaban J connectivity index is 2.12. The highest BCUT2D eigenvalue weighted by Crippen LogP contribution is 2.21. The first-order valence-electron chi connectivity index (χ1n) is 5.39. The van der Waals surface area contributed by atoms with Gasteiger partial charge in [0.15, 0.2) is 0 Å². The number of halogens is 1. The fourth-order valence-corrected chi connectivity index (χ4v) is 1.80. The Morgan fingerprint density at radius 1 is 1.44 bits per heavy atom. The number of hydrogen-bond acceptors (Lipinski definition) is 3. The van der Waals surface area contributed by atoms with Crippen LogP contribution in [-0.4, -0.2) is 25.9 Å². The van der Waals surface area contributed by atoms with Gasteiger partial charge in [0.05, 0.1) is 25.9 Å². The van der Waals surface area contributed by atoms with Gasteiger partial charge < -0.3 is 15.2 Å². The van der Waals surface area contributed by atoms with E-state index in [9.17, 15) is 4.39 Å². The first-order chi connectivity index (χ1) is 7.68. The van der Waals surface area contributed by atoms with Gasteiger partial charge in [-0.05, 0) is 24.1 Å². The van der Waals surface area contributed by atoms with Gasteiger partial charge in [-0.3, -0.25) is 0 Å². The van der Waals surface area contributed by atoms with Crippen molar-refractivity contribution in [3.63, 3.8) is 0 Å². The molecule has 88 valence electrons. The van der Waals surface area contributed by atoms with Crippen LogP contribution in [0.5, 0.6) is 0 Å². The summed E-state index contributed by atoms with van der Waals surface area (Å²) in [5, 5.41) is 0. The molecule has 2 N–H and O–H groups in total. The summed E-state index contributed by atoms with van der Waals surface area (Å²) >= 11 is 0. The van der Waals surface area contributed by atoms with Crippen LogP contribution >= 0.6 is 0 Å². The maximum atomic E-state index is 13.1. The maximum absolute atomic E-state index is 13.1. The van der Waals surface area contributed by atoms with E-state index in [0.717, 1.165) is 5.56 Å². The van der Waals surface area contributed by atoms with Gasteiger partial charge in [-0.1, -0.05) is 12.1 Å². The number of rotatable bonds is 2. The molecule has 1 aliphatic heterocycles. The van der Waals surface area contributed by atoms with Crippen LogP contribution in [0.2, 0.25) is 0 Å². The lowest BCUT2D eigenvalue weighted by Gasteiger charge is -2.28. The Morgan fingerprint density at radius 2 is 2.25 bits per heavy atom. The van der Waals surface area contributed by atoms with Crippen LogP contribution in [0.3, 0.4) is 0 Å². The van der Waals surface area contributed by atoms with Crippen LogP contribution < -0.4 is 5.73 Å². The van der Waals surface area contributed by atoms with Crippen LogP contribution in [0.15, 0.2) is 18.2 Å². The van der Waals surface area contributed by atoms with E-state index in [4.69, 9.17) is 15.2 Å². The Labute approximate surface area is 94.3 Å². The van der Waals surface area contributed by atoms with E-state index in [1.54, 1.807) is 19.1 Å². The third kappa shape index (κ3) is 2.40. The fourth-order valence-electron chi connectivity index (χ4n) is 1.80. The molecule has 2 unspecified atom stereocenters. The van der Waals surface area contributed by atoms with E-state index in [1.807, 2.05) is 0 Å². The zero-order valence-electron chi connectivity index (χ0n) is 9.28. The van der Waals surface area contributed by atoms with Gasteiger partial charge >= 0.3 is 0 Å². The predicted octanol–water partition coefficient (Wildman–Crippen LogP) is 1.55. The van der Waals surface area contributed by atoms with Crippen LogP contribution in [0.1, 0.15) is 17.2 Å². The molecule has 3 nitrogen and oxygen atoms in total. The van der Waals surface area contributed by atoms with Crippen LogP contribution in [-0.2, 0) is 9.47 Å². The van der Waals surface area contributed by atoms with E-state index in [1.165, 1.54) is 6.07 Å². The number of benzene rings is 1. The van der Waals surface area contributed by atoms with Gasteiger partial charge in [0.25, 0.3) is 0 Å². The van der Waals surface area contributed by atoms with Crippen molar-refractivity contribution in [1.82, 2.24) is 0 Å². The minimum absolute atomic E-state index is 0.140. The minimum atomic E-state index is -0.264. The molecule has 1 saturated heterocycles. The Kier molecular flexibility index (Phi) is 3.53. The van der Waals surface area contributed by atoms with Crippen molar-refractivity contribution in [2.75, 3.05) is 19.8 Å². The number of nitrogens with two attached hydrogens (primary N) is 1.